The third-order valence-electron chi connectivity index (χ3n) is 4.26. The number of nitrogens with one attached hydrogen (secondary N) is 3. The fraction of sp³-hybridized carbons (Fsp3) is 0.182. The molecular formula is C22H23N5O4S2. The van der Waals surface area contributed by atoms with Crippen LogP contribution in [0.4, 0.5) is 11.6 Å². The second kappa shape index (κ2) is 10.4. The van der Waals surface area contributed by atoms with Gasteiger partial charge in [-0.05, 0) is 81.5 Å². The van der Waals surface area contributed by atoms with Crippen LogP contribution in [0.25, 0.3) is 0 Å². The third-order valence-corrected chi connectivity index (χ3v) is 5.81. The van der Waals surface area contributed by atoms with Gasteiger partial charge >= 0.3 is 0 Å². The Balaban J connectivity index is 1.63. The number of nitrogens with zero attached hydrogens (tertiary/aromatic N) is 2. The average molecular weight is 486 g/mol. The van der Waals surface area contributed by atoms with Crippen LogP contribution in [-0.4, -0.2) is 36.0 Å². The van der Waals surface area contributed by atoms with Crippen molar-refractivity contribution >= 4 is 44.9 Å². The molecule has 0 spiro atoms. The number of aromatic nitrogens is 2. The van der Waals surface area contributed by atoms with Crippen LogP contribution in [0.15, 0.2) is 59.5 Å². The van der Waals surface area contributed by atoms with E-state index in [0.29, 0.717) is 35.0 Å². The molecule has 0 unspecified atom stereocenters. The summed E-state index contributed by atoms with van der Waals surface area (Å²) in [5.41, 5.74) is 2.20. The molecule has 0 aliphatic rings. The summed E-state index contributed by atoms with van der Waals surface area (Å²) >= 11 is 5.19. The first kappa shape index (κ1) is 24.1. The van der Waals surface area contributed by atoms with Crippen LogP contribution in [0, 0.1) is 13.8 Å². The summed E-state index contributed by atoms with van der Waals surface area (Å²) in [4.78, 5) is 20.6. The second-order valence-corrected chi connectivity index (χ2v) is 9.06. The van der Waals surface area contributed by atoms with E-state index in [1.807, 2.05) is 6.92 Å². The maximum absolute atomic E-state index is 12.6. The van der Waals surface area contributed by atoms with Gasteiger partial charge in [0.25, 0.3) is 15.9 Å². The van der Waals surface area contributed by atoms with E-state index in [4.69, 9.17) is 17.0 Å². The van der Waals surface area contributed by atoms with Crippen LogP contribution in [0.3, 0.4) is 0 Å². The van der Waals surface area contributed by atoms with Gasteiger partial charge in [0.2, 0.25) is 5.95 Å². The van der Waals surface area contributed by atoms with E-state index in [9.17, 15) is 13.2 Å². The molecule has 3 N–H and O–H groups in total. The number of hydrogen-bond acceptors (Lipinski definition) is 7. The fourth-order valence-corrected chi connectivity index (χ4v) is 4.05. The normalized spacial score (nSPS) is 10.9. The van der Waals surface area contributed by atoms with Gasteiger partial charge in [0.05, 0.1) is 11.5 Å². The minimum atomic E-state index is -3.87. The standard InChI is InChI=1S/C22H23N5O4S2/c1-4-31-18-7-5-6-16(13-18)20(28)26-22(32)25-17-8-10-19(11-9-17)33(29,30)27-21-23-14(2)12-15(3)24-21/h5-13H,4H2,1-3H3,(H,23,24,27)(H2,25,26,28,32). The Morgan fingerprint density at radius 2 is 1.70 bits per heavy atom. The van der Waals surface area contributed by atoms with E-state index in [-0.39, 0.29) is 16.0 Å². The first-order valence-electron chi connectivity index (χ1n) is 9.96. The highest BCUT2D eigenvalue weighted by molar-refractivity contribution is 7.92. The van der Waals surface area contributed by atoms with Gasteiger partial charge in [0, 0.05) is 22.6 Å². The topological polar surface area (TPSA) is 122 Å². The van der Waals surface area contributed by atoms with Gasteiger partial charge < -0.3 is 10.1 Å². The van der Waals surface area contributed by atoms with Gasteiger partial charge in [-0.1, -0.05) is 6.07 Å². The molecule has 33 heavy (non-hydrogen) atoms. The SMILES string of the molecule is CCOc1cccc(C(=O)NC(=S)Nc2ccc(S(=O)(=O)Nc3nc(C)cc(C)n3)cc2)c1. The number of hydrogen-bond donors (Lipinski definition) is 3. The first-order chi connectivity index (χ1) is 15.7. The van der Waals surface area contributed by atoms with Crippen molar-refractivity contribution in [3.05, 3.63) is 71.5 Å². The monoisotopic (exact) mass is 485 g/mol. The highest BCUT2D eigenvalue weighted by Crippen LogP contribution is 2.17. The van der Waals surface area contributed by atoms with Gasteiger partial charge in [-0.3, -0.25) is 10.1 Å². The maximum Gasteiger partial charge on any atom is 0.264 e. The highest BCUT2D eigenvalue weighted by Gasteiger charge is 2.16. The number of aryl methyl sites for hydroxylation is 2. The molecule has 1 aromatic heterocycles. The van der Waals surface area contributed by atoms with Crippen LogP contribution in [0.2, 0.25) is 0 Å². The Morgan fingerprint density at radius 3 is 2.33 bits per heavy atom. The van der Waals surface area contributed by atoms with Crippen molar-refractivity contribution in [1.29, 1.82) is 0 Å². The van der Waals surface area contributed by atoms with Crippen LogP contribution >= 0.6 is 12.2 Å². The molecule has 1 heterocycles. The second-order valence-electron chi connectivity index (χ2n) is 6.97. The smallest absolute Gasteiger partial charge is 0.264 e. The summed E-state index contributed by atoms with van der Waals surface area (Å²) < 4.78 is 33.0. The molecule has 2 aromatic carbocycles. The summed E-state index contributed by atoms with van der Waals surface area (Å²) in [6, 6.07) is 14.4. The minimum Gasteiger partial charge on any atom is -0.494 e. The summed E-state index contributed by atoms with van der Waals surface area (Å²) in [5, 5.41) is 5.50. The molecule has 0 radical (unpaired) electrons. The third kappa shape index (κ3) is 6.70. The average Bonchev–Trinajstić information content (AvgIpc) is 2.73. The summed E-state index contributed by atoms with van der Waals surface area (Å²) in [7, 11) is -3.87. The molecule has 3 rings (SSSR count). The van der Waals surface area contributed by atoms with Crippen molar-refractivity contribution in [3.8, 4) is 5.75 Å². The number of carbonyl (C=O) groups excluding carboxylic acids is 1. The van der Waals surface area contributed by atoms with Crippen LogP contribution in [0.1, 0.15) is 28.7 Å². The van der Waals surface area contributed by atoms with Crippen molar-refractivity contribution in [3.63, 3.8) is 0 Å². The lowest BCUT2D eigenvalue weighted by molar-refractivity contribution is 0.0977. The molecule has 0 aliphatic carbocycles. The molecular weight excluding hydrogens is 462 g/mol. The Bertz CT molecular complexity index is 1260. The number of thiocarbonyl (C=S) groups is 1. The largest absolute Gasteiger partial charge is 0.494 e. The molecule has 3 aromatic rings. The lowest BCUT2D eigenvalue weighted by Crippen LogP contribution is -2.34. The Hall–Kier alpha value is -3.57. The molecule has 9 nitrogen and oxygen atoms in total. The Morgan fingerprint density at radius 1 is 1.03 bits per heavy atom. The van der Waals surface area contributed by atoms with Gasteiger partial charge in [-0.15, -0.1) is 0 Å². The van der Waals surface area contributed by atoms with Gasteiger partial charge in [0.15, 0.2) is 5.11 Å². The van der Waals surface area contributed by atoms with Crippen molar-refractivity contribution in [1.82, 2.24) is 15.3 Å². The quantitative estimate of drug-likeness (QED) is 0.435. The zero-order valence-corrected chi connectivity index (χ0v) is 19.9. The van der Waals surface area contributed by atoms with Gasteiger partial charge in [-0.25, -0.2) is 23.1 Å². The number of benzene rings is 2. The Labute approximate surface area is 197 Å². The predicted octanol–water partition coefficient (Wildman–Crippen LogP) is 3.42. The molecule has 172 valence electrons. The van der Waals surface area contributed by atoms with E-state index < -0.39 is 15.9 Å². The number of amides is 1. The van der Waals surface area contributed by atoms with Crippen LogP contribution < -0.4 is 20.1 Å². The number of sulfonamides is 1. The molecule has 0 aliphatic heterocycles. The molecule has 0 saturated heterocycles. The lowest BCUT2D eigenvalue weighted by Gasteiger charge is -2.12. The highest BCUT2D eigenvalue weighted by atomic mass is 32.2. The van der Waals surface area contributed by atoms with Crippen LogP contribution in [-0.2, 0) is 10.0 Å². The summed E-state index contributed by atoms with van der Waals surface area (Å²) in [5.74, 6) is 0.193. The molecule has 1 amide bonds. The number of carbonyl (C=O) groups is 1. The fourth-order valence-electron chi connectivity index (χ4n) is 2.90. The van der Waals surface area contributed by atoms with E-state index in [2.05, 4.69) is 25.3 Å². The summed E-state index contributed by atoms with van der Waals surface area (Å²) in [6.45, 7) is 5.86. The zero-order chi connectivity index (χ0) is 24.0. The number of ether oxygens (including phenoxy) is 1. The van der Waals surface area contributed by atoms with Gasteiger partial charge in [0.1, 0.15) is 5.75 Å². The molecule has 0 bridgehead atoms. The van der Waals surface area contributed by atoms with E-state index in [1.165, 1.54) is 24.3 Å². The number of anilines is 2. The molecule has 0 atom stereocenters. The lowest BCUT2D eigenvalue weighted by atomic mass is 10.2. The van der Waals surface area contributed by atoms with Crippen molar-refractivity contribution in [2.45, 2.75) is 25.7 Å². The maximum atomic E-state index is 12.6. The van der Waals surface area contributed by atoms with E-state index >= 15 is 0 Å². The molecule has 0 fully saturated rings. The van der Waals surface area contributed by atoms with Crippen molar-refractivity contribution in [2.75, 3.05) is 16.6 Å². The Kier molecular flexibility index (Phi) is 7.56. The number of rotatable bonds is 7. The van der Waals surface area contributed by atoms with Crippen LogP contribution in [0.5, 0.6) is 5.75 Å². The van der Waals surface area contributed by atoms with E-state index in [1.54, 1.807) is 44.2 Å². The molecule has 11 heteroatoms. The van der Waals surface area contributed by atoms with Crippen molar-refractivity contribution < 1.29 is 17.9 Å². The predicted molar refractivity (Wildman–Crippen MR) is 130 cm³/mol. The van der Waals surface area contributed by atoms with Gasteiger partial charge in [-0.2, -0.15) is 0 Å². The van der Waals surface area contributed by atoms with E-state index in [0.717, 1.165) is 0 Å². The molecule has 0 saturated carbocycles. The zero-order valence-electron chi connectivity index (χ0n) is 18.2. The van der Waals surface area contributed by atoms with Crippen molar-refractivity contribution in [2.24, 2.45) is 0 Å². The summed E-state index contributed by atoms with van der Waals surface area (Å²) in [6.07, 6.45) is 0. The first-order valence-corrected chi connectivity index (χ1v) is 11.9. The minimum absolute atomic E-state index is 0.00648.